The van der Waals surface area contributed by atoms with Gasteiger partial charge in [-0.2, -0.15) is 0 Å². The van der Waals surface area contributed by atoms with E-state index >= 15 is 0 Å². The highest BCUT2D eigenvalue weighted by Gasteiger charge is 2.22. The van der Waals surface area contributed by atoms with Gasteiger partial charge in [-0.1, -0.05) is 13.8 Å². The molecule has 15 heavy (non-hydrogen) atoms. The summed E-state index contributed by atoms with van der Waals surface area (Å²) in [5, 5.41) is 12.3. The van der Waals surface area contributed by atoms with Crippen molar-refractivity contribution in [2.24, 2.45) is 11.8 Å². The third-order valence-electron chi connectivity index (χ3n) is 2.78. The number of nitrogens with one attached hydrogen (secondary N) is 1. The summed E-state index contributed by atoms with van der Waals surface area (Å²) in [5.74, 6) is 1.15. The first-order chi connectivity index (χ1) is 7.09. The van der Waals surface area contributed by atoms with Crippen molar-refractivity contribution in [3.63, 3.8) is 0 Å². The van der Waals surface area contributed by atoms with Crippen LogP contribution in [0.2, 0.25) is 0 Å². The summed E-state index contributed by atoms with van der Waals surface area (Å²) in [6.07, 6.45) is 1.37. The molecular weight excluding hydrogens is 192 g/mol. The van der Waals surface area contributed by atoms with Crippen molar-refractivity contribution in [2.75, 3.05) is 26.2 Å². The van der Waals surface area contributed by atoms with Crippen LogP contribution in [0.1, 0.15) is 26.7 Å². The van der Waals surface area contributed by atoms with Gasteiger partial charge in [0.1, 0.15) is 0 Å². The third-order valence-corrected chi connectivity index (χ3v) is 2.78. The summed E-state index contributed by atoms with van der Waals surface area (Å²) in [4.78, 5) is 12.3. The number of carboxylic acid groups (broad SMARTS) is 1. The normalized spacial score (nSPS) is 22.1. The van der Waals surface area contributed by atoms with Crippen LogP contribution in [0.25, 0.3) is 0 Å². The number of likely N-dealkylation sites (tertiary alicyclic amines) is 1. The first-order valence-electron chi connectivity index (χ1n) is 5.78. The van der Waals surface area contributed by atoms with Crippen molar-refractivity contribution in [2.45, 2.75) is 26.7 Å². The molecule has 4 heteroatoms. The van der Waals surface area contributed by atoms with Crippen LogP contribution in [0.5, 0.6) is 0 Å². The fourth-order valence-corrected chi connectivity index (χ4v) is 1.98. The van der Waals surface area contributed by atoms with Crippen LogP contribution in [0.4, 0.5) is 4.79 Å². The molecule has 0 unspecified atom stereocenters. The van der Waals surface area contributed by atoms with Crippen molar-refractivity contribution in [3.05, 3.63) is 0 Å². The van der Waals surface area contributed by atoms with Crippen LogP contribution in [0.3, 0.4) is 0 Å². The minimum absolute atomic E-state index is 0.494. The van der Waals surface area contributed by atoms with Crippen LogP contribution in [-0.2, 0) is 0 Å². The maximum atomic E-state index is 10.8. The Balaban J connectivity index is 2.21. The van der Waals surface area contributed by atoms with Crippen molar-refractivity contribution >= 4 is 6.09 Å². The Kier molecular flexibility index (Phi) is 4.88. The molecule has 0 aromatic heterocycles. The molecule has 1 saturated heterocycles. The summed E-state index contributed by atoms with van der Waals surface area (Å²) in [7, 11) is 0. The average molecular weight is 214 g/mol. The van der Waals surface area contributed by atoms with Gasteiger partial charge < -0.3 is 15.3 Å². The lowest BCUT2D eigenvalue weighted by molar-refractivity contribution is 0.119. The molecule has 0 aromatic rings. The molecular formula is C11H22N2O2. The van der Waals surface area contributed by atoms with Crippen molar-refractivity contribution in [1.29, 1.82) is 0 Å². The Morgan fingerprint density at radius 3 is 2.93 bits per heavy atom. The lowest BCUT2D eigenvalue weighted by Gasteiger charge is -2.31. The number of hydrogen-bond donors (Lipinski definition) is 2. The van der Waals surface area contributed by atoms with Gasteiger partial charge >= 0.3 is 6.09 Å². The molecule has 1 heterocycles. The first kappa shape index (κ1) is 12.3. The number of rotatable bonds is 4. The molecule has 0 radical (unpaired) electrons. The molecule has 1 fully saturated rings. The monoisotopic (exact) mass is 214 g/mol. The molecule has 1 amide bonds. The molecule has 1 atom stereocenters. The third kappa shape index (κ3) is 4.51. The summed E-state index contributed by atoms with van der Waals surface area (Å²) in [5.41, 5.74) is 0. The predicted molar refractivity (Wildman–Crippen MR) is 60.0 cm³/mol. The van der Waals surface area contributed by atoms with Crippen LogP contribution in [0, 0.1) is 11.8 Å². The first-order valence-corrected chi connectivity index (χ1v) is 5.78. The SMILES string of the molecule is CC(C)CNC[C@@H]1CCCN(C(=O)O)C1. The minimum Gasteiger partial charge on any atom is -0.465 e. The number of hydrogen-bond acceptors (Lipinski definition) is 2. The van der Waals surface area contributed by atoms with E-state index in [0.717, 1.165) is 25.9 Å². The molecule has 1 aliphatic heterocycles. The van der Waals surface area contributed by atoms with E-state index in [1.54, 1.807) is 0 Å². The molecule has 0 saturated carbocycles. The van der Waals surface area contributed by atoms with Gasteiger partial charge in [-0.25, -0.2) is 4.79 Å². The molecule has 0 spiro atoms. The van der Waals surface area contributed by atoms with Crippen molar-refractivity contribution in [1.82, 2.24) is 10.2 Å². The van der Waals surface area contributed by atoms with E-state index in [1.165, 1.54) is 4.90 Å². The van der Waals surface area contributed by atoms with Gasteiger partial charge in [0.2, 0.25) is 0 Å². The van der Waals surface area contributed by atoms with Crippen molar-refractivity contribution in [3.8, 4) is 0 Å². The minimum atomic E-state index is -0.774. The largest absolute Gasteiger partial charge is 0.465 e. The van der Waals surface area contributed by atoms with E-state index in [1.807, 2.05) is 0 Å². The van der Waals surface area contributed by atoms with Crippen LogP contribution in [0.15, 0.2) is 0 Å². The highest BCUT2D eigenvalue weighted by Crippen LogP contribution is 2.15. The second kappa shape index (κ2) is 5.95. The number of carbonyl (C=O) groups is 1. The van der Waals surface area contributed by atoms with Crippen LogP contribution in [-0.4, -0.2) is 42.3 Å². The average Bonchev–Trinajstić information content (AvgIpc) is 2.17. The summed E-state index contributed by atoms with van der Waals surface area (Å²) in [6, 6.07) is 0. The van der Waals surface area contributed by atoms with Gasteiger partial charge in [0.15, 0.2) is 0 Å². The second-order valence-electron chi connectivity index (χ2n) is 4.79. The molecule has 0 bridgehead atoms. The summed E-state index contributed by atoms with van der Waals surface area (Å²) in [6.45, 7) is 7.72. The maximum Gasteiger partial charge on any atom is 0.407 e. The van der Waals surface area contributed by atoms with E-state index in [9.17, 15) is 4.79 Å². The molecule has 4 nitrogen and oxygen atoms in total. The Labute approximate surface area is 91.6 Å². The molecule has 88 valence electrons. The quantitative estimate of drug-likeness (QED) is 0.747. The Morgan fingerprint density at radius 1 is 1.60 bits per heavy atom. The lowest BCUT2D eigenvalue weighted by Crippen LogP contribution is -2.42. The van der Waals surface area contributed by atoms with Gasteiger partial charge in [-0.05, 0) is 37.8 Å². The van der Waals surface area contributed by atoms with E-state index in [4.69, 9.17) is 5.11 Å². The maximum absolute atomic E-state index is 10.8. The fraction of sp³-hybridized carbons (Fsp3) is 0.909. The molecule has 1 aliphatic rings. The Hall–Kier alpha value is -0.770. The molecule has 0 aromatic carbocycles. The molecule has 1 rings (SSSR count). The van der Waals surface area contributed by atoms with Crippen LogP contribution < -0.4 is 5.32 Å². The topological polar surface area (TPSA) is 52.6 Å². The van der Waals surface area contributed by atoms with E-state index < -0.39 is 6.09 Å². The summed E-state index contributed by atoms with van der Waals surface area (Å²) < 4.78 is 0. The Morgan fingerprint density at radius 2 is 2.33 bits per heavy atom. The van der Waals surface area contributed by atoms with E-state index in [2.05, 4.69) is 19.2 Å². The van der Waals surface area contributed by atoms with Crippen molar-refractivity contribution < 1.29 is 9.90 Å². The summed E-state index contributed by atoms with van der Waals surface area (Å²) >= 11 is 0. The van der Waals surface area contributed by atoms with E-state index in [-0.39, 0.29) is 0 Å². The zero-order valence-electron chi connectivity index (χ0n) is 9.70. The highest BCUT2D eigenvalue weighted by molar-refractivity contribution is 5.65. The van der Waals surface area contributed by atoms with E-state index in [0.29, 0.717) is 24.9 Å². The lowest BCUT2D eigenvalue weighted by atomic mass is 9.98. The zero-order valence-corrected chi connectivity index (χ0v) is 9.70. The number of piperidine rings is 1. The van der Waals surface area contributed by atoms with Gasteiger partial charge in [0.25, 0.3) is 0 Å². The fourth-order valence-electron chi connectivity index (χ4n) is 1.98. The van der Waals surface area contributed by atoms with Crippen LogP contribution >= 0.6 is 0 Å². The smallest absolute Gasteiger partial charge is 0.407 e. The standard InChI is InChI=1S/C11H22N2O2/c1-9(2)6-12-7-10-4-3-5-13(8-10)11(14)15/h9-10,12H,3-8H2,1-2H3,(H,14,15)/t10-/m0/s1. The van der Waals surface area contributed by atoms with Gasteiger partial charge in [0.05, 0.1) is 0 Å². The number of nitrogens with zero attached hydrogens (tertiary/aromatic N) is 1. The highest BCUT2D eigenvalue weighted by atomic mass is 16.4. The van der Waals surface area contributed by atoms with Gasteiger partial charge in [-0.15, -0.1) is 0 Å². The molecule has 2 N–H and O–H groups in total. The number of amides is 1. The molecule has 0 aliphatic carbocycles. The van der Waals surface area contributed by atoms with Gasteiger partial charge in [-0.3, -0.25) is 0 Å². The predicted octanol–water partition coefficient (Wildman–Crippen LogP) is 1.62. The van der Waals surface area contributed by atoms with Gasteiger partial charge in [0, 0.05) is 13.1 Å². The zero-order chi connectivity index (χ0) is 11.3. The second-order valence-corrected chi connectivity index (χ2v) is 4.79. The Bertz CT molecular complexity index is 207.